The fourth-order valence-electron chi connectivity index (χ4n) is 6.94. The van der Waals surface area contributed by atoms with Gasteiger partial charge in [-0.05, 0) is 56.2 Å². The summed E-state index contributed by atoms with van der Waals surface area (Å²) < 4.78 is 41.7. The first kappa shape index (κ1) is 19.8. The molecule has 2 aliphatic heterocycles. The molecular formula is C22H28ClF2NO3. The number of hydrogen-bond donors (Lipinski definition) is 1. The average Bonchev–Trinajstić information content (AvgIpc) is 2.99. The van der Waals surface area contributed by atoms with Crippen LogP contribution in [0, 0.1) is 5.92 Å². The lowest BCUT2D eigenvalue weighted by atomic mass is 9.48. The predicted molar refractivity (Wildman–Crippen MR) is 106 cm³/mol. The van der Waals surface area contributed by atoms with Crippen molar-refractivity contribution in [2.45, 2.75) is 74.0 Å². The fraction of sp³-hybridized carbons (Fsp3) is 0.727. The standard InChI is InChI=1S/C22H27F2NO3.ClH/c1-27-15-6-5-14-11-16-21(26)7-8-22(23,24)19-20(21,17(14)18(15)28-19)9-10-25(16)12-13-3-2-4-13;/h5-6,13,16,19,26H,2-4,7-12H2,1H3;1H/t16-,19-,20+,21-;/m1./s1. The fourth-order valence-corrected chi connectivity index (χ4v) is 6.94. The molecule has 2 saturated carbocycles. The third-order valence-corrected chi connectivity index (χ3v) is 8.47. The van der Waals surface area contributed by atoms with Gasteiger partial charge < -0.3 is 14.6 Å². The second kappa shape index (κ2) is 6.21. The van der Waals surface area contributed by atoms with Crippen LogP contribution in [0.2, 0.25) is 0 Å². The van der Waals surface area contributed by atoms with Gasteiger partial charge in [-0.25, -0.2) is 8.78 Å². The Balaban J connectivity index is 0.00000181. The number of halogens is 3. The second-order valence-electron chi connectivity index (χ2n) is 9.55. The summed E-state index contributed by atoms with van der Waals surface area (Å²) in [4.78, 5) is 2.40. The summed E-state index contributed by atoms with van der Waals surface area (Å²) in [6.45, 7) is 1.72. The van der Waals surface area contributed by atoms with Gasteiger partial charge in [0.15, 0.2) is 17.6 Å². The molecule has 3 fully saturated rings. The lowest BCUT2D eigenvalue weighted by Crippen LogP contribution is -2.78. The van der Waals surface area contributed by atoms with Gasteiger partial charge in [-0.1, -0.05) is 12.5 Å². The van der Waals surface area contributed by atoms with Crippen molar-refractivity contribution in [3.05, 3.63) is 23.3 Å². The molecule has 0 aromatic heterocycles. The quantitative estimate of drug-likeness (QED) is 0.798. The Labute approximate surface area is 176 Å². The molecule has 0 radical (unpaired) electrons. The van der Waals surface area contributed by atoms with E-state index in [1.54, 1.807) is 7.11 Å². The molecule has 1 aromatic rings. The van der Waals surface area contributed by atoms with Gasteiger partial charge in [0.25, 0.3) is 5.92 Å². The van der Waals surface area contributed by atoms with Crippen molar-refractivity contribution >= 4 is 12.4 Å². The maximum atomic E-state index is 15.1. The van der Waals surface area contributed by atoms with Gasteiger partial charge in [-0.15, -0.1) is 12.4 Å². The summed E-state index contributed by atoms with van der Waals surface area (Å²) in [5.74, 6) is -1.33. The Morgan fingerprint density at radius 1 is 1.24 bits per heavy atom. The Bertz CT molecular complexity index is 848. The Morgan fingerprint density at radius 2 is 2.03 bits per heavy atom. The molecule has 4 atom stereocenters. The highest BCUT2D eigenvalue weighted by Gasteiger charge is 2.77. The third-order valence-electron chi connectivity index (χ3n) is 8.47. The minimum atomic E-state index is -2.95. The van der Waals surface area contributed by atoms with Crippen LogP contribution in [-0.2, 0) is 11.8 Å². The number of aliphatic hydroxyl groups is 1. The van der Waals surface area contributed by atoms with Gasteiger partial charge in [0.1, 0.15) is 0 Å². The molecule has 2 heterocycles. The van der Waals surface area contributed by atoms with Gasteiger partial charge in [0.2, 0.25) is 0 Å². The van der Waals surface area contributed by atoms with Crippen molar-refractivity contribution in [1.29, 1.82) is 0 Å². The van der Waals surface area contributed by atoms with E-state index in [1.165, 1.54) is 19.3 Å². The van der Waals surface area contributed by atoms with E-state index in [0.717, 1.165) is 24.2 Å². The summed E-state index contributed by atoms with van der Waals surface area (Å²) in [6, 6.07) is 3.71. The van der Waals surface area contributed by atoms with Crippen molar-refractivity contribution in [3.63, 3.8) is 0 Å². The molecule has 3 aliphatic carbocycles. The minimum Gasteiger partial charge on any atom is -0.493 e. The van der Waals surface area contributed by atoms with Crippen LogP contribution in [0.15, 0.2) is 12.1 Å². The highest BCUT2D eigenvalue weighted by atomic mass is 35.5. The Morgan fingerprint density at radius 3 is 2.72 bits per heavy atom. The van der Waals surface area contributed by atoms with Crippen molar-refractivity contribution in [2.75, 3.05) is 20.2 Å². The van der Waals surface area contributed by atoms with Crippen molar-refractivity contribution in [2.24, 2.45) is 5.92 Å². The SMILES string of the molecule is COc1ccc2c3c1O[C@H]1C(F)(F)CC[C@@]4(O)[C@@H](C2)N(CC2CCC2)CC[C@]314.Cl. The number of methoxy groups -OCH3 is 1. The maximum absolute atomic E-state index is 15.1. The number of piperidine rings is 1. The molecule has 2 bridgehead atoms. The van der Waals surface area contributed by atoms with Gasteiger partial charge >= 0.3 is 0 Å². The number of benzene rings is 1. The van der Waals surface area contributed by atoms with Gasteiger partial charge in [0.05, 0.1) is 18.1 Å². The number of alkyl halides is 2. The smallest absolute Gasteiger partial charge is 0.285 e. The number of likely N-dealkylation sites (tertiary alicyclic amines) is 1. The van der Waals surface area contributed by atoms with Crippen LogP contribution < -0.4 is 9.47 Å². The molecular weight excluding hydrogens is 400 g/mol. The van der Waals surface area contributed by atoms with Crippen LogP contribution in [0.1, 0.15) is 49.7 Å². The molecule has 6 rings (SSSR count). The van der Waals surface area contributed by atoms with Crippen LogP contribution in [0.5, 0.6) is 11.5 Å². The highest BCUT2D eigenvalue weighted by Crippen LogP contribution is 2.67. The number of hydrogen-bond acceptors (Lipinski definition) is 4. The molecule has 0 amide bonds. The Kier molecular flexibility index (Phi) is 4.24. The molecule has 1 spiro atoms. The maximum Gasteiger partial charge on any atom is 0.285 e. The second-order valence-corrected chi connectivity index (χ2v) is 9.55. The zero-order valence-electron chi connectivity index (χ0n) is 16.6. The summed E-state index contributed by atoms with van der Waals surface area (Å²) >= 11 is 0. The molecule has 1 saturated heterocycles. The number of nitrogens with zero attached hydrogens (tertiary/aromatic N) is 1. The average molecular weight is 428 g/mol. The van der Waals surface area contributed by atoms with E-state index in [0.29, 0.717) is 30.3 Å². The lowest BCUT2D eigenvalue weighted by molar-refractivity contribution is -0.249. The van der Waals surface area contributed by atoms with E-state index in [-0.39, 0.29) is 31.3 Å². The molecule has 1 aromatic carbocycles. The van der Waals surface area contributed by atoms with E-state index in [4.69, 9.17) is 9.47 Å². The lowest BCUT2D eigenvalue weighted by Gasteiger charge is -2.64. The minimum absolute atomic E-state index is 0. The molecule has 5 aliphatic rings. The van der Waals surface area contributed by atoms with Crippen molar-refractivity contribution < 1.29 is 23.4 Å². The van der Waals surface area contributed by atoms with Crippen LogP contribution >= 0.6 is 12.4 Å². The first-order chi connectivity index (χ1) is 13.4. The van der Waals surface area contributed by atoms with Crippen molar-refractivity contribution in [1.82, 2.24) is 4.90 Å². The zero-order valence-corrected chi connectivity index (χ0v) is 17.4. The third kappa shape index (κ3) is 2.26. The van der Waals surface area contributed by atoms with Crippen molar-refractivity contribution in [3.8, 4) is 11.5 Å². The highest BCUT2D eigenvalue weighted by molar-refractivity contribution is 5.85. The van der Waals surface area contributed by atoms with E-state index >= 15 is 8.78 Å². The first-order valence-electron chi connectivity index (χ1n) is 10.6. The van der Waals surface area contributed by atoms with E-state index in [9.17, 15) is 5.11 Å². The van der Waals surface area contributed by atoms with E-state index < -0.39 is 23.0 Å². The normalized spacial score (nSPS) is 39.0. The van der Waals surface area contributed by atoms with Crippen LogP contribution in [0.25, 0.3) is 0 Å². The first-order valence-corrected chi connectivity index (χ1v) is 10.6. The molecule has 1 N–H and O–H groups in total. The van der Waals surface area contributed by atoms with E-state index in [2.05, 4.69) is 4.90 Å². The molecule has 0 unspecified atom stereocenters. The van der Waals surface area contributed by atoms with Crippen LogP contribution in [0.3, 0.4) is 0 Å². The molecule has 29 heavy (non-hydrogen) atoms. The number of rotatable bonds is 3. The van der Waals surface area contributed by atoms with E-state index in [1.807, 2.05) is 12.1 Å². The molecule has 160 valence electrons. The summed E-state index contributed by atoms with van der Waals surface area (Å²) in [5.41, 5.74) is -0.360. The van der Waals surface area contributed by atoms with Gasteiger partial charge in [0, 0.05) is 24.6 Å². The largest absolute Gasteiger partial charge is 0.493 e. The Hall–Kier alpha value is -1.11. The van der Waals surface area contributed by atoms with Gasteiger partial charge in [-0.3, -0.25) is 4.90 Å². The molecule has 4 nitrogen and oxygen atoms in total. The van der Waals surface area contributed by atoms with Crippen LogP contribution in [-0.4, -0.2) is 53.9 Å². The van der Waals surface area contributed by atoms with Gasteiger partial charge in [-0.2, -0.15) is 0 Å². The topological polar surface area (TPSA) is 41.9 Å². The zero-order chi connectivity index (χ0) is 19.3. The molecule has 7 heteroatoms. The van der Waals surface area contributed by atoms with Crippen LogP contribution in [0.4, 0.5) is 8.78 Å². The summed E-state index contributed by atoms with van der Waals surface area (Å²) in [7, 11) is 1.54. The predicted octanol–water partition coefficient (Wildman–Crippen LogP) is 3.71. The summed E-state index contributed by atoms with van der Waals surface area (Å²) in [6.07, 6.45) is 3.47. The monoisotopic (exact) mass is 427 g/mol. The number of ether oxygens (including phenoxy) is 2. The summed E-state index contributed by atoms with van der Waals surface area (Å²) in [5, 5.41) is 12.1.